The van der Waals surface area contributed by atoms with E-state index >= 15 is 0 Å². The van der Waals surface area contributed by atoms with Crippen molar-refractivity contribution in [2.24, 2.45) is 0 Å². The Balaban J connectivity index is 2.12. The number of carbonyl (C=O) groups is 1. The van der Waals surface area contributed by atoms with Gasteiger partial charge in [-0.25, -0.2) is 0 Å². The monoisotopic (exact) mass is 350 g/mol. The molecule has 0 aliphatic carbocycles. The second-order valence-electron chi connectivity index (χ2n) is 4.29. The van der Waals surface area contributed by atoms with Crippen LogP contribution in [0.25, 0.3) is 0 Å². The van der Waals surface area contributed by atoms with Crippen molar-refractivity contribution < 1.29 is 9.53 Å². The Labute approximate surface area is 130 Å². The third-order valence-electron chi connectivity index (χ3n) is 2.72. The fourth-order valence-electron chi connectivity index (χ4n) is 1.82. The number of nitrogens with one attached hydrogen (secondary N) is 1. The molecule has 0 unspecified atom stereocenters. The fraction of sp³-hybridized carbons (Fsp3) is 0.200. The van der Waals surface area contributed by atoms with Crippen LogP contribution in [0.5, 0.6) is 5.75 Å². The van der Waals surface area contributed by atoms with E-state index in [2.05, 4.69) is 21.2 Å². The molecule has 0 radical (unpaired) electrons. The Morgan fingerprint density at radius 1 is 1.29 bits per heavy atom. The number of hydrogen-bond donors (Lipinski definition) is 1. The third kappa shape index (κ3) is 4.19. The summed E-state index contributed by atoms with van der Waals surface area (Å²) in [6.45, 7) is 2.33. The van der Waals surface area contributed by atoms with E-state index in [1.54, 1.807) is 24.4 Å². The zero-order valence-electron chi connectivity index (χ0n) is 11.5. The average molecular weight is 351 g/mol. The van der Waals surface area contributed by atoms with Crippen LogP contribution in [0.1, 0.15) is 6.92 Å². The van der Waals surface area contributed by atoms with Crippen molar-refractivity contribution in [3.63, 3.8) is 0 Å². The minimum Gasteiger partial charge on any atom is -0.492 e. The molecular weight excluding hydrogens is 336 g/mol. The number of rotatable bonds is 5. The third-order valence-corrected chi connectivity index (χ3v) is 3.19. The van der Waals surface area contributed by atoms with E-state index in [-0.39, 0.29) is 18.0 Å². The lowest BCUT2D eigenvalue weighted by Gasteiger charge is -2.12. The first-order chi connectivity index (χ1) is 10.1. The highest BCUT2D eigenvalue weighted by molar-refractivity contribution is 9.10. The van der Waals surface area contributed by atoms with E-state index in [0.717, 1.165) is 4.47 Å². The molecule has 0 aliphatic heterocycles. The molecule has 2 rings (SSSR count). The van der Waals surface area contributed by atoms with E-state index < -0.39 is 0 Å². The van der Waals surface area contributed by atoms with Gasteiger partial charge in [-0.05, 0) is 41.1 Å². The molecule has 0 fully saturated rings. The largest absolute Gasteiger partial charge is 0.492 e. The molecular formula is C15H15BrN2O3. The fourth-order valence-corrected chi connectivity index (χ4v) is 2.20. The molecule has 1 heterocycles. The zero-order chi connectivity index (χ0) is 15.2. The second kappa shape index (κ2) is 7.08. The minimum absolute atomic E-state index is 0.0568. The number of nitrogens with zero attached hydrogens (tertiary/aromatic N) is 1. The standard InChI is InChI=1S/C15H15BrN2O3/c1-2-21-13-6-4-3-5-12(13)17-14(19)10-18-9-11(16)7-8-15(18)20/h3-9H,2,10H2,1H3,(H,17,19). The predicted molar refractivity (Wildman–Crippen MR) is 84.6 cm³/mol. The molecule has 0 aliphatic rings. The van der Waals surface area contributed by atoms with Gasteiger partial charge in [0.1, 0.15) is 12.3 Å². The van der Waals surface area contributed by atoms with Crippen LogP contribution in [0.2, 0.25) is 0 Å². The summed E-state index contributed by atoms with van der Waals surface area (Å²) in [5, 5.41) is 2.75. The molecule has 0 bridgehead atoms. The van der Waals surface area contributed by atoms with Crippen molar-refractivity contribution in [2.45, 2.75) is 13.5 Å². The molecule has 110 valence electrons. The van der Waals surface area contributed by atoms with Gasteiger partial charge in [-0.2, -0.15) is 0 Å². The summed E-state index contributed by atoms with van der Waals surface area (Å²) in [6.07, 6.45) is 1.58. The molecule has 0 atom stereocenters. The van der Waals surface area contributed by atoms with E-state index in [9.17, 15) is 9.59 Å². The van der Waals surface area contributed by atoms with Crippen LogP contribution in [-0.4, -0.2) is 17.1 Å². The van der Waals surface area contributed by atoms with Crippen molar-refractivity contribution in [1.82, 2.24) is 4.57 Å². The van der Waals surface area contributed by atoms with Gasteiger partial charge >= 0.3 is 0 Å². The number of ether oxygens (including phenoxy) is 1. The number of amides is 1. The average Bonchev–Trinajstić information content (AvgIpc) is 2.45. The molecule has 6 heteroatoms. The maximum absolute atomic E-state index is 12.1. The SMILES string of the molecule is CCOc1ccccc1NC(=O)Cn1cc(Br)ccc1=O. The summed E-state index contributed by atoms with van der Waals surface area (Å²) in [4.78, 5) is 23.7. The number of pyridine rings is 1. The van der Waals surface area contributed by atoms with Crippen molar-refractivity contribution in [3.8, 4) is 5.75 Å². The van der Waals surface area contributed by atoms with Gasteiger partial charge < -0.3 is 14.6 Å². The normalized spacial score (nSPS) is 10.2. The topological polar surface area (TPSA) is 60.3 Å². The van der Waals surface area contributed by atoms with E-state index in [4.69, 9.17) is 4.74 Å². The molecule has 0 saturated heterocycles. The molecule has 1 aromatic carbocycles. The van der Waals surface area contributed by atoms with Gasteiger partial charge in [0.15, 0.2) is 0 Å². The highest BCUT2D eigenvalue weighted by atomic mass is 79.9. The Bertz CT molecular complexity index is 697. The van der Waals surface area contributed by atoms with E-state index in [0.29, 0.717) is 18.0 Å². The number of hydrogen-bond acceptors (Lipinski definition) is 3. The summed E-state index contributed by atoms with van der Waals surface area (Å²) in [7, 11) is 0. The van der Waals surface area contributed by atoms with Crippen LogP contribution in [0, 0.1) is 0 Å². The van der Waals surface area contributed by atoms with E-state index in [1.807, 2.05) is 19.1 Å². The van der Waals surface area contributed by atoms with Crippen molar-refractivity contribution in [1.29, 1.82) is 0 Å². The summed E-state index contributed by atoms with van der Waals surface area (Å²) in [6, 6.07) is 10.2. The number of halogens is 1. The lowest BCUT2D eigenvalue weighted by molar-refractivity contribution is -0.116. The Morgan fingerprint density at radius 3 is 2.81 bits per heavy atom. The highest BCUT2D eigenvalue weighted by Crippen LogP contribution is 2.23. The minimum atomic E-state index is -0.289. The van der Waals surface area contributed by atoms with Gasteiger partial charge in [-0.15, -0.1) is 0 Å². The molecule has 2 aromatic rings. The van der Waals surface area contributed by atoms with Gasteiger partial charge in [-0.3, -0.25) is 9.59 Å². The second-order valence-corrected chi connectivity index (χ2v) is 5.21. The highest BCUT2D eigenvalue weighted by Gasteiger charge is 2.09. The molecule has 1 aromatic heterocycles. The maximum Gasteiger partial charge on any atom is 0.251 e. The maximum atomic E-state index is 12.1. The Kier molecular flexibility index (Phi) is 5.16. The Morgan fingerprint density at radius 2 is 2.05 bits per heavy atom. The first kappa shape index (κ1) is 15.3. The van der Waals surface area contributed by atoms with Crippen LogP contribution in [0.3, 0.4) is 0 Å². The van der Waals surface area contributed by atoms with Crippen LogP contribution in [0.4, 0.5) is 5.69 Å². The van der Waals surface area contributed by atoms with Crippen molar-refractivity contribution >= 4 is 27.5 Å². The molecule has 5 nitrogen and oxygen atoms in total. The van der Waals surface area contributed by atoms with Gasteiger partial charge in [0.2, 0.25) is 5.91 Å². The van der Waals surface area contributed by atoms with Gasteiger partial charge in [-0.1, -0.05) is 12.1 Å². The predicted octanol–water partition coefficient (Wildman–Crippen LogP) is 2.65. The van der Waals surface area contributed by atoms with Crippen LogP contribution in [-0.2, 0) is 11.3 Å². The van der Waals surface area contributed by atoms with Crippen LogP contribution >= 0.6 is 15.9 Å². The summed E-state index contributed by atoms with van der Waals surface area (Å²) in [5.74, 6) is 0.317. The van der Waals surface area contributed by atoms with Crippen molar-refractivity contribution in [2.75, 3.05) is 11.9 Å². The van der Waals surface area contributed by atoms with E-state index in [1.165, 1.54) is 10.6 Å². The molecule has 0 spiro atoms. The number of carbonyl (C=O) groups excluding carboxylic acids is 1. The molecule has 1 amide bonds. The van der Waals surface area contributed by atoms with Gasteiger partial charge in [0.25, 0.3) is 5.56 Å². The summed E-state index contributed by atoms with van der Waals surface area (Å²) >= 11 is 3.27. The van der Waals surface area contributed by atoms with Crippen LogP contribution in [0.15, 0.2) is 51.9 Å². The number of aromatic nitrogens is 1. The van der Waals surface area contributed by atoms with Gasteiger partial charge in [0, 0.05) is 16.7 Å². The quantitative estimate of drug-likeness (QED) is 0.901. The molecule has 0 saturated carbocycles. The molecule has 1 N–H and O–H groups in total. The number of para-hydroxylation sites is 2. The number of anilines is 1. The zero-order valence-corrected chi connectivity index (χ0v) is 13.1. The smallest absolute Gasteiger partial charge is 0.251 e. The first-order valence-electron chi connectivity index (χ1n) is 6.48. The summed E-state index contributed by atoms with van der Waals surface area (Å²) < 4.78 is 7.52. The van der Waals surface area contributed by atoms with Crippen LogP contribution < -0.4 is 15.6 Å². The van der Waals surface area contributed by atoms with Crippen molar-refractivity contribution in [3.05, 3.63) is 57.4 Å². The lowest BCUT2D eigenvalue weighted by atomic mass is 10.3. The van der Waals surface area contributed by atoms with Gasteiger partial charge in [0.05, 0.1) is 12.3 Å². The first-order valence-corrected chi connectivity index (χ1v) is 7.27. The number of benzene rings is 1. The summed E-state index contributed by atoms with van der Waals surface area (Å²) in [5.41, 5.74) is 0.360. The Hall–Kier alpha value is -2.08. The lowest BCUT2D eigenvalue weighted by Crippen LogP contribution is -2.26. The molecule has 21 heavy (non-hydrogen) atoms.